The molecule has 0 radical (unpaired) electrons. The number of allylic oxidation sites excluding steroid dienone is 4. The molecule has 0 N–H and O–H groups in total. The van der Waals surface area contributed by atoms with Crippen molar-refractivity contribution in [2.45, 2.75) is 53.4 Å². The van der Waals surface area contributed by atoms with Crippen LogP contribution in [0.25, 0.3) is 0 Å². The molecule has 14 heavy (non-hydrogen) atoms. The van der Waals surface area contributed by atoms with Crippen LogP contribution in [0.2, 0.25) is 0 Å². The van der Waals surface area contributed by atoms with E-state index in [1.165, 1.54) is 25.7 Å². The van der Waals surface area contributed by atoms with Crippen LogP contribution in [-0.2, 0) is 0 Å². The van der Waals surface area contributed by atoms with Crippen molar-refractivity contribution >= 4 is 0 Å². The largest absolute Gasteiger partial charge is 0.0877 e. The smallest absolute Gasteiger partial charge is 0.0314 e. The second-order valence-corrected chi connectivity index (χ2v) is 5.49. The second kappa shape index (κ2) is 4.82. The average Bonchev–Trinajstić information content (AvgIpc) is 2.14. The highest BCUT2D eigenvalue weighted by atomic mass is 14.3. The monoisotopic (exact) mass is 192 g/mol. The lowest BCUT2D eigenvalue weighted by Crippen LogP contribution is -2.23. The molecule has 0 aromatic carbocycles. The molecule has 0 unspecified atom stereocenters. The summed E-state index contributed by atoms with van der Waals surface area (Å²) < 4.78 is 0. The molecular formula is C14H24. The first-order valence-electron chi connectivity index (χ1n) is 5.84. The van der Waals surface area contributed by atoms with Crippen molar-refractivity contribution in [2.75, 3.05) is 0 Å². The van der Waals surface area contributed by atoms with Crippen LogP contribution in [0, 0.1) is 11.3 Å². The minimum absolute atomic E-state index is 0.506. The maximum absolute atomic E-state index is 2.37. The Balaban J connectivity index is 2.46. The molecule has 0 aliphatic heterocycles. The zero-order valence-corrected chi connectivity index (χ0v) is 10.1. The first kappa shape index (κ1) is 11.6. The van der Waals surface area contributed by atoms with E-state index in [9.17, 15) is 0 Å². The van der Waals surface area contributed by atoms with Crippen molar-refractivity contribution in [3.63, 3.8) is 0 Å². The minimum Gasteiger partial charge on any atom is -0.0877 e. The Hall–Kier alpha value is -0.520. The van der Waals surface area contributed by atoms with E-state index in [4.69, 9.17) is 0 Å². The van der Waals surface area contributed by atoms with Crippen molar-refractivity contribution in [2.24, 2.45) is 11.3 Å². The van der Waals surface area contributed by atoms with Gasteiger partial charge in [0.25, 0.3) is 0 Å². The first-order chi connectivity index (χ1) is 6.54. The second-order valence-electron chi connectivity index (χ2n) is 5.49. The predicted octanol–water partition coefficient (Wildman–Crippen LogP) is 4.73. The molecule has 0 heteroatoms. The fourth-order valence-electron chi connectivity index (χ4n) is 2.25. The number of hydrogen-bond donors (Lipinski definition) is 0. The van der Waals surface area contributed by atoms with E-state index in [1.807, 2.05) is 0 Å². The molecule has 1 aliphatic rings. The van der Waals surface area contributed by atoms with Gasteiger partial charge in [0.15, 0.2) is 0 Å². The Morgan fingerprint density at radius 2 is 1.71 bits per heavy atom. The van der Waals surface area contributed by atoms with Gasteiger partial charge in [-0.25, -0.2) is 0 Å². The van der Waals surface area contributed by atoms with Crippen molar-refractivity contribution < 1.29 is 0 Å². The summed E-state index contributed by atoms with van der Waals surface area (Å²) in [5, 5.41) is 0. The number of rotatable bonds is 1. The lowest BCUT2D eigenvalue weighted by Gasteiger charge is -2.34. The Bertz CT molecular complexity index is 215. The fraction of sp³-hybridized carbons (Fsp3) is 0.714. The Labute approximate surface area is 89.1 Å². The molecule has 0 aromatic rings. The van der Waals surface area contributed by atoms with Crippen LogP contribution in [0.1, 0.15) is 53.4 Å². The molecule has 0 saturated heterocycles. The van der Waals surface area contributed by atoms with Crippen molar-refractivity contribution in [3.8, 4) is 0 Å². The molecule has 0 atom stereocenters. The average molecular weight is 192 g/mol. The molecule has 0 nitrogen and oxygen atoms in total. The van der Waals surface area contributed by atoms with Crippen LogP contribution >= 0.6 is 0 Å². The van der Waals surface area contributed by atoms with E-state index < -0.39 is 0 Å². The van der Waals surface area contributed by atoms with Crippen LogP contribution in [-0.4, -0.2) is 0 Å². The van der Waals surface area contributed by atoms with E-state index in [0.717, 1.165) is 5.92 Å². The van der Waals surface area contributed by atoms with E-state index in [2.05, 4.69) is 45.9 Å². The third-order valence-corrected chi connectivity index (χ3v) is 3.38. The summed E-state index contributed by atoms with van der Waals surface area (Å²) in [5.41, 5.74) is 2.15. The Kier molecular flexibility index (Phi) is 3.97. The number of hydrogen-bond acceptors (Lipinski definition) is 0. The third kappa shape index (κ3) is 3.32. The van der Waals surface area contributed by atoms with Crippen LogP contribution in [0.3, 0.4) is 0 Å². The topological polar surface area (TPSA) is 0 Å². The van der Waals surface area contributed by atoms with Gasteiger partial charge in [0.1, 0.15) is 0 Å². The van der Waals surface area contributed by atoms with Gasteiger partial charge in [0, 0.05) is 0 Å². The van der Waals surface area contributed by atoms with Crippen molar-refractivity contribution in [1.82, 2.24) is 0 Å². The maximum Gasteiger partial charge on any atom is -0.0314 e. The third-order valence-electron chi connectivity index (χ3n) is 3.38. The minimum atomic E-state index is 0.506. The predicted molar refractivity (Wildman–Crippen MR) is 64.3 cm³/mol. The first-order valence-corrected chi connectivity index (χ1v) is 5.84. The maximum atomic E-state index is 2.37. The molecular weight excluding hydrogens is 168 g/mol. The Morgan fingerprint density at radius 1 is 1.14 bits per heavy atom. The van der Waals surface area contributed by atoms with E-state index in [-0.39, 0.29) is 0 Å². The van der Waals surface area contributed by atoms with Crippen LogP contribution in [0.15, 0.2) is 23.8 Å². The van der Waals surface area contributed by atoms with Crippen LogP contribution in [0.4, 0.5) is 0 Å². The summed E-state index contributed by atoms with van der Waals surface area (Å²) in [6, 6.07) is 0. The lowest BCUT2D eigenvalue weighted by atomic mass is 9.71. The zero-order valence-electron chi connectivity index (χ0n) is 10.1. The summed E-state index contributed by atoms with van der Waals surface area (Å²) in [6.07, 6.45) is 12.0. The highest BCUT2D eigenvalue weighted by Crippen LogP contribution is 2.39. The highest BCUT2D eigenvalue weighted by molar-refractivity contribution is 5.14. The zero-order chi connectivity index (χ0) is 10.6. The van der Waals surface area contributed by atoms with Crippen LogP contribution < -0.4 is 0 Å². The summed E-state index contributed by atoms with van der Waals surface area (Å²) in [7, 11) is 0. The fourth-order valence-corrected chi connectivity index (χ4v) is 2.25. The molecule has 0 bridgehead atoms. The quantitative estimate of drug-likeness (QED) is 0.563. The van der Waals surface area contributed by atoms with Crippen molar-refractivity contribution in [3.05, 3.63) is 23.8 Å². The van der Waals surface area contributed by atoms with Gasteiger partial charge in [0.05, 0.1) is 0 Å². The summed E-state index contributed by atoms with van der Waals surface area (Å²) in [6.45, 7) is 9.20. The summed E-state index contributed by atoms with van der Waals surface area (Å²) >= 11 is 0. The van der Waals surface area contributed by atoms with Gasteiger partial charge in [-0.05, 0) is 43.9 Å². The van der Waals surface area contributed by atoms with Gasteiger partial charge in [0.2, 0.25) is 0 Å². The SMILES string of the molecule is C/C=C/C=C1CCC(C(C)(C)C)CC1. The molecule has 0 heterocycles. The molecule has 0 amide bonds. The summed E-state index contributed by atoms with van der Waals surface area (Å²) in [5.74, 6) is 0.922. The summed E-state index contributed by atoms with van der Waals surface area (Å²) in [4.78, 5) is 0. The highest BCUT2D eigenvalue weighted by Gasteiger charge is 2.26. The Morgan fingerprint density at radius 3 is 2.14 bits per heavy atom. The molecule has 0 aromatic heterocycles. The van der Waals surface area contributed by atoms with E-state index in [0.29, 0.717) is 5.41 Å². The molecule has 1 saturated carbocycles. The van der Waals surface area contributed by atoms with Gasteiger partial charge >= 0.3 is 0 Å². The molecule has 1 rings (SSSR count). The van der Waals surface area contributed by atoms with Gasteiger partial charge in [-0.2, -0.15) is 0 Å². The molecule has 80 valence electrons. The standard InChI is InChI=1S/C14H24/c1-5-6-7-12-8-10-13(11-9-12)14(2,3)4/h5-7,13H,8-11H2,1-4H3/b6-5+,12-7?. The molecule has 1 aliphatic carbocycles. The molecule has 1 fully saturated rings. The van der Waals surface area contributed by atoms with Gasteiger partial charge in [-0.3, -0.25) is 0 Å². The lowest BCUT2D eigenvalue weighted by molar-refractivity contribution is 0.197. The van der Waals surface area contributed by atoms with Gasteiger partial charge < -0.3 is 0 Å². The molecule has 0 spiro atoms. The van der Waals surface area contributed by atoms with Gasteiger partial charge in [-0.1, -0.05) is 44.6 Å². The van der Waals surface area contributed by atoms with Crippen LogP contribution in [0.5, 0.6) is 0 Å². The van der Waals surface area contributed by atoms with E-state index in [1.54, 1.807) is 5.57 Å². The van der Waals surface area contributed by atoms with E-state index >= 15 is 0 Å². The normalized spacial score (nSPS) is 24.3. The van der Waals surface area contributed by atoms with Gasteiger partial charge in [-0.15, -0.1) is 0 Å². The van der Waals surface area contributed by atoms with Crippen molar-refractivity contribution in [1.29, 1.82) is 0 Å².